The molecule has 0 spiro atoms. The molecule has 0 N–H and O–H groups in total. The van der Waals surface area contributed by atoms with E-state index in [4.69, 9.17) is 9.15 Å². The summed E-state index contributed by atoms with van der Waals surface area (Å²) in [6.07, 6.45) is 4.70. The first-order valence-corrected chi connectivity index (χ1v) is 8.79. The van der Waals surface area contributed by atoms with Crippen molar-refractivity contribution in [1.82, 2.24) is 4.90 Å². The highest BCUT2D eigenvalue weighted by Gasteiger charge is 2.29. The van der Waals surface area contributed by atoms with Crippen LogP contribution in [0.5, 0.6) is 0 Å². The number of furan rings is 1. The summed E-state index contributed by atoms with van der Waals surface area (Å²) in [5, 5.41) is 0. The fraction of sp³-hybridized carbons (Fsp3) is 0.400. The number of rotatable bonds is 5. The van der Waals surface area contributed by atoms with Crippen LogP contribution in [0.1, 0.15) is 43.0 Å². The molecule has 5 nitrogen and oxygen atoms in total. The molecule has 1 saturated heterocycles. The van der Waals surface area contributed by atoms with Crippen LogP contribution < -0.4 is 0 Å². The Labute approximate surface area is 147 Å². The van der Waals surface area contributed by atoms with Crippen LogP contribution in [0, 0.1) is 0 Å². The number of hydrogen-bond donors (Lipinski definition) is 0. The number of amides is 1. The molecule has 0 bridgehead atoms. The van der Waals surface area contributed by atoms with Gasteiger partial charge in [0.1, 0.15) is 5.76 Å². The fourth-order valence-electron chi connectivity index (χ4n) is 3.31. The molecule has 0 radical (unpaired) electrons. The minimum atomic E-state index is -0.239. The number of ether oxygens (including phenoxy) is 1. The zero-order valence-corrected chi connectivity index (χ0v) is 14.4. The number of esters is 1. The summed E-state index contributed by atoms with van der Waals surface area (Å²) in [4.78, 5) is 26.7. The molecule has 1 aliphatic rings. The molecule has 132 valence electrons. The van der Waals surface area contributed by atoms with Gasteiger partial charge in [0.15, 0.2) is 0 Å². The Hall–Kier alpha value is -2.56. The van der Waals surface area contributed by atoms with Gasteiger partial charge in [0.2, 0.25) is 0 Å². The highest BCUT2D eigenvalue weighted by atomic mass is 16.5. The Bertz CT molecular complexity index is 723. The first-order chi connectivity index (χ1) is 12.2. The minimum Gasteiger partial charge on any atom is -0.466 e. The van der Waals surface area contributed by atoms with Crippen LogP contribution >= 0.6 is 0 Å². The number of piperidine rings is 1. The summed E-state index contributed by atoms with van der Waals surface area (Å²) in [5.41, 5.74) is 1.49. The minimum absolute atomic E-state index is 0.0394. The predicted molar refractivity (Wildman–Crippen MR) is 94.1 cm³/mol. The van der Waals surface area contributed by atoms with E-state index in [1.54, 1.807) is 13.2 Å². The molecular formula is C20H23NO4. The van der Waals surface area contributed by atoms with E-state index in [1.165, 1.54) is 0 Å². The highest BCUT2D eigenvalue weighted by Crippen LogP contribution is 2.25. The molecule has 0 aliphatic carbocycles. The number of likely N-dealkylation sites (tertiary alicyclic amines) is 1. The maximum Gasteiger partial charge on any atom is 0.307 e. The van der Waals surface area contributed by atoms with Gasteiger partial charge >= 0.3 is 5.97 Å². The van der Waals surface area contributed by atoms with Crippen LogP contribution in [0.3, 0.4) is 0 Å². The van der Waals surface area contributed by atoms with Crippen LogP contribution in [0.4, 0.5) is 0 Å². The topological polar surface area (TPSA) is 59.8 Å². The van der Waals surface area contributed by atoms with Crippen molar-refractivity contribution in [2.24, 2.45) is 0 Å². The van der Waals surface area contributed by atoms with E-state index in [1.807, 2.05) is 41.3 Å². The van der Waals surface area contributed by atoms with Crippen LogP contribution in [-0.2, 0) is 9.53 Å². The van der Waals surface area contributed by atoms with Crippen LogP contribution in [0.15, 0.2) is 47.1 Å². The number of benzene rings is 1. The summed E-state index contributed by atoms with van der Waals surface area (Å²) in [5.74, 6) is 0.454. The largest absolute Gasteiger partial charge is 0.466 e. The molecule has 25 heavy (non-hydrogen) atoms. The summed E-state index contributed by atoms with van der Waals surface area (Å²) < 4.78 is 10.5. The number of carbonyl (C=O) groups excluding carboxylic acids is 2. The third-order valence-electron chi connectivity index (χ3n) is 4.51. The Morgan fingerprint density at radius 3 is 2.88 bits per heavy atom. The summed E-state index contributed by atoms with van der Waals surface area (Å²) in [6, 6.07) is 11.0. The second-order valence-electron chi connectivity index (χ2n) is 6.22. The van der Waals surface area contributed by atoms with Gasteiger partial charge in [-0.2, -0.15) is 0 Å². The molecule has 1 atom stereocenters. The molecule has 1 amide bonds. The van der Waals surface area contributed by atoms with E-state index < -0.39 is 0 Å². The third kappa shape index (κ3) is 4.10. The Morgan fingerprint density at radius 2 is 2.12 bits per heavy atom. The van der Waals surface area contributed by atoms with Gasteiger partial charge in [-0.15, -0.1) is 0 Å². The van der Waals surface area contributed by atoms with Gasteiger partial charge in [0, 0.05) is 23.7 Å². The Kier molecular flexibility index (Phi) is 5.53. The smallest absolute Gasteiger partial charge is 0.307 e. The van der Waals surface area contributed by atoms with E-state index >= 15 is 0 Å². The van der Waals surface area contributed by atoms with E-state index in [0.29, 0.717) is 18.7 Å². The lowest BCUT2D eigenvalue weighted by Crippen LogP contribution is -2.45. The van der Waals surface area contributed by atoms with Crippen LogP contribution in [-0.4, -0.2) is 36.0 Å². The fourth-order valence-corrected chi connectivity index (χ4v) is 3.31. The van der Waals surface area contributed by atoms with Crippen LogP contribution in [0.2, 0.25) is 0 Å². The summed E-state index contributed by atoms with van der Waals surface area (Å²) in [6.45, 7) is 2.83. The Balaban J connectivity index is 1.78. The van der Waals surface area contributed by atoms with E-state index in [-0.39, 0.29) is 24.3 Å². The predicted octanol–water partition coefficient (Wildman–Crippen LogP) is 3.89. The highest BCUT2D eigenvalue weighted by molar-refractivity contribution is 5.95. The van der Waals surface area contributed by atoms with Gasteiger partial charge in [-0.25, -0.2) is 0 Å². The number of nitrogens with zero attached hydrogens (tertiary/aromatic N) is 1. The van der Waals surface area contributed by atoms with Gasteiger partial charge in [0.25, 0.3) is 5.91 Å². The van der Waals surface area contributed by atoms with Crippen molar-refractivity contribution in [3.63, 3.8) is 0 Å². The second-order valence-corrected chi connectivity index (χ2v) is 6.22. The molecule has 3 rings (SSSR count). The third-order valence-corrected chi connectivity index (χ3v) is 4.51. The maximum atomic E-state index is 13.0. The van der Waals surface area contributed by atoms with Gasteiger partial charge in [-0.05, 0) is 50.5 Å². The average Bonchev–Trinajstić information content (AvgIpc) is 3.17. The van der Waals surface area contributed by atoms with Gasteiger partial charge in [0.05, 0.1) is 19.3 Å². The molecule has 0 unspecified atom stereocenters. The van der Waals surface area contributed by atoms with Crippen molar-refractivity contribution in [3.05, 3.63) is 48.2 Å². The normalized spacial score (nSPS) is 17.3. The molecule has 1 aromatic heterocycles. The Morgan fingerprint density at radius 1 is 1.24 bits per heavy atom. The molecule has 5 heteroatoms. The van der Waals surface area contributed by atoms with Gasteiger partial charge in [-0.1, -0.05) is 12.1 Å². The quantitative estimate of drug-likeness (QED) is 0.774. The standard InChI is InChI=1S/C20H23NO4/c1-2-24-19(22)14-17-9-3-4-11-21(17)20(23)16-8-5-7-15(13-16)18-10-6-12-25-18/h5-8,10,12-13,17H,2-4,9,11,14H2,1H3/t17-/m1/s1. The van der Waals surface area contributed by atoms with Gasteiger partial charge < -0.3 is 14.1 Å². The SMILES string of the molecule is CCOC(=O)C[C@H]1CCCCN1C(=O)c1cccc(-c2ccco2)c1. The zero-order chi connectivity index (χ0) is 17.6. The molecule has 1 aromatic carbocycles. The lowest BCUT2D eigenvalue weighted by atomic mass is 9.97. The molecule has 0 saturated carbocycles. The van der Waals surface area contributed by atoms with E-state index in [2.05, 4.69) is 0 Å². The van der Waals surface area contributed by atoms with Crippen LogP contribution in [0.25, 0.3) is 11.3 Å². The van der Waals surface area contributed by atoms with Crippen molar-refractivity contribution in [3.8, 4) is 11.3 Å². The molecule has 1 aliphatic heterocycles. The first kappa shape index (κ1) is 17.3. The summed E-state index contributed by atoms with van der Waals surface area (Å²) in [7, 11) is 0. The molecule has 1 fully saturated rings. The second kappa shape index (κ2) is 8.01. The van der Waals surface area contributed by atoms with E-state index in [0.717, 1.165) is 30.6 Å². The number of hydrogen-bond acceptors (Lipinski definition) is 4. The zero-order valence-electron chi connectivity index (χ0n) is 14.4. The first-order valence-electron chi connectivity index (χ1n) is 8.79. The monoisotopic (exact) mass is 341 g/mol. The van der Waals surface area contributed by atoms with Crippen molar-refractivity contribution >= 4 is 11.9 Å². The molecular weight excluding hydrogens is 318 g/mol. The van der Waals surface area contributed by atoms with Crippen molar-refractivity contribution < 1.29 is 18.7 Å². The van der Waals surface area contributed by atoms with Crippen molar-refractivity contribution in [2.75, 3.05) is 13.2 Å². The summed E-state index contributed by atoms with van der Waals surface area (Å²) >= 11 is 0. The van der Waals surface area contributed by atoms with Gasteiger partial charge in [-0.3, -0.25) is 9.59 Å². The molecule has 2 heterocycles. The van der Waals surface area contributed by atoms with E-state index in [9.17, 15) is 9.59 Å². The average molecular weight is 341 g/mol. The van der Waals surface area contributed by atoms with Crippen molar-refractivity contribution in [1.29, 1.82) is 0 Å². The lowest BCUT2D eigenvalue weighted by molar-refractivity contribution is -0.144. The lowest BCUT2D eigenvalue weighted by Gasteiger charge is -2.35. The number of carbonyl (C=O) groups is 2. The maximum absolute atomic E-state index is 13.0. The molecule has 2 aromatic rings. The van der Waals surface area contributed by atoms with Crippen molar-refractivity contribution in [2.45, 2.75) is 38.6 Å².